The van der Waals surface area contributed by atoms with Crippen molar-refractivity contribution in [2.24, 2.45) is 0 Å². The predicted octanol–water partition coefficient (Wildman–Crippen LogP) is 3.20. The van der Waals surface area contributed by atoms with Gasteiger partial charge in [0.15, 0.2) is 0 Å². The van der Waals surface area contributed by atoms with Crippen molar-refractivity contribution in [1.82, 2.24) is 0 Å². The van der Waals surface area contributed by atoms with Gasteiger partial charge in [0.2, 0.25) is 6.29 Å². The van der Waals surface area contributed by atoms with Gasteiger partial charge < -0.3 is 9.47 Å². The summed E-state index contributed by atoms with van der Waals surface area (Å²) in [7, 11) is 0. The zero-order valence-corrected chi connectivity index (χ0v) is 10.4. The van der Waals surface area contributed by atoms with Gasteiger partial charge in [-0.3, -0.25) is 4.18 Å². The molecule has 4 nitrogen and oxygen atoms in total. The highest BCUT2D eigenvalue weighted by Crippen LogP contribution is 2.12. The lowest BCUT2D eigenvalue weighted by Crippen LogP contribution is -2.16. The number of hydrogen-bond acceptors (Lipinski definition) is 6. The Morgan fingerprint density at radius 3 is 2.75 bits per heavy atom. The van der Waals surface area contributed by atoms with E-state index < -0.39 is 12.4 Å². The second-order valence-corrected chi connectivity index (χ2v) is 3.67. The Balaban J connectivity index is 2.25. The third-order valence-electron chi connectivity index (χ3n) is 1.64. The van der Waals surface area contributed by atoms with Gasteiger partial charge in [0.25, 0.3) is 0 Å². The normalized spacial score (nSPS) is 11.9. The van der Waals surface area contributed by atoms with Crippen molar-refractivity contribution in [3.05, 3.63) is 35.9 Å². The van der Waals surface area contributed by atoms with E-state index in [1.165, 1.54) is 0 Å². The molecule has 1 unspecified atom stereocenters. The van der Waals surface area contributed by atoms with E-state index >= 15 is 0 Å². The van der Waals surface area contributed by atoms with Gasteiger partial charge in [0, 0.05) is 0 Å². The molecule has 0 fully saturated rings. The van der Waals surface area contributed by atoms with Gasteiger partial charge in [-0.1, -0.05) is 42.0 Å². The number of benzene rings is 1. The highest BCUT2D eigenvalue weighted by atomic mass is 33.1. The molecule has 0 aliphatic carbocycles. The van der Waals surface area contributed by atoms with Gasteiger partial charge in [-0.15, -0.1) is 0 Å². The molecule has 0 saturated heterocycles. The van der Waals surface area contributed by atoms with Crippen molar-refractivity contribution < 1.29 is 18.5 Å². The molecule has 0 radical (unpaired) electrons. The van der Waals surface area contributed by atoms with E-state index in [1.54, 1.807) is 6.92 Å². The Kier molecular flexibility index (Phi) is 6.14. The van der Waals surface area contributed by atoms with Crippen molar-refractivity contribution in [2.75, 3.05) is 0 Å². The van der Waals surface area contributed by atoms with Crippen molar-refractivity contribution in [3.63, 3.8) is 0 Å². The minimum Gasteiger partial charge on any atom is -0.429 e. The van der Waals surface area contributed by atoms with Crippen LogP contribution in [0.3, 0.4) is 0 Å². The highest BCUT2D eigenvalue weighted by Gasteiger charge is 2.10. The average Bonchev–Trinajstić information content (AvgIpc) is 2.28. The summed E-state index contributed by atoms with van der Waals surface area (Å²) in [5, 5.41) is 0. The quantitative estimate of drug-likeness (QED) is 0.289. The minimum absolute atomic E-state index is 0.181. The smallest absolute Gasteiger partial charge is 0.429 e. The van der Waals surface area contributed by atoms with E-state index in [2.05, 4.69) is 11.7 Å². The Morgan fingerprint density at radius 1 is 1.44 bits per heavy atom. The largest absolute Gasteiger partial charge is 0.510 e. The molecule has 6 heteroatoms. The summed E-state index contributed by atoms with van der Waals surface area (Å²) < 4.78 is 14.5. The molecule has 88 valence electrons. The number of rotatable bonds is 5. The third kappa shape index (κ3) is 5.29. The summed E-state index contributed by atoms with van der Waals surface area (Å²) in [5.74, 6) is 0. The fraction of sp³-hybridized carbons (Fsp3) is 0.300. The molecule has 0 saturated carbocycles. The second-order valence-electron chi connectivity index (χ2n) is 2.88. The Bertz CT molecular complexity index is 318. The molecule has 0 heterocycles. The maximum absolute atomic E-state index is 11.1. The summed E-state index contributed by atoms with van der Waals surface area (Å²) in [6.07, 6.45) is -1.45. The van der Waals surface area contributed by atoms with Crippen LogP contribution < -0.4 is 0 Å². The molecule has 0 spiro atoms. The monoisotopic (exact) mass is 260 g/mol. The summed E-state index contributed by atoms with van der Waals surface area (Å²) >= 11 is 4.58. The molecule has 0 bridgehead atoms. The number of carbonyl (C=O) groups excluding carboxylic acids is 1. The molecule has 0 aromatic heterocycles. The van der Waals surface area contributed by atoms with E-state index in [0.29, 0.717) is 0 Å². The topological polar surface area (TPSA) is 44.8 Å². The van der Waals surface area contributed by atoms with Crippen LogP contribution in [0.15, 0.2) is 30.3 Å². The molecule has 16 heavy (non-hydrogen) atoms. The fourth-order valence-electron chi connectivity index (χ4n) is 0.966. The van der Waals surface area contributed by atoms with Crippen LogP contribution in [-0.4, -0.2) is 12.4 Å². The van der Waals surface area contributed by atoms with E-state index in [1.807, 2.05) is 30.3 Å². The summed E-state index contributed by atoms with van der Waals surface area (Å²) in [4.78, 5) is 11.1. The van der Waals surface area contributed by atoms with Crippen LogP contribution in [0.5, 0.6) is 0 Å². The highest BCUT2D eigenvalue weighted by molar-refractivity contribution is 8.66. The van der Waals surface area contributed by atoms with E-state index in [4.69, 9.17) is 13.7 Å². The van der Waals surface area contributed by atoms with Gasteiger partial charge in [0.1, 0.15) is 6.61 Å². The molecule has 1 rings (SSSR count). The molecule has 1 aromatic carbocycles. The van der Waals surface area contributed by atoms with Crippen molar-refractivity contribution in [2.45, 2.75) is 19.8 Å². The van der Waals surface area contributed by atoms with Crippen LogP contribution in [-0.2, 0) is 20.3 Å². The Morgan fingerprint density at radius 2 is 2.12 bits per heavy atom. The van der Waals surface area contributed by atoms with E-state index in [-0.39, 0.29) is 6.61 Å². The zero-order valence-electron chi connectivity index (χ0n) is 8.66. The molecule has 0 amide bonds. The van der Waals surface area contributed by atoms with Gasteiger partial charge in [-0.05, 0) is 12.5 Å². The van der Waals surface area contributed by atoms with Crippen molar-refractivity contribution in [3.8, 4) is 0 Å². The number of thiol groups is 1. The third-order valence-corrected chi connectivity index (χ3v) is 2.26. The van der Waals surface area contributed by atoms with Crippen LogP contribution in [0.25, 0.3) is 0 Å². The van der Waals surface area contributed by atoms with Gasteiger partial charge in [0.05, 0.1) is 11.1 Å². The van der Waals surface area contributed by atoms with Crippen molar-refractivity contribution >= 4 is 28.9 Å². The molecule has 1 atom stereocenters. The Labute approximate surface area is 103 Å². The lowest BCUT2D eigenvalue weighted by molar-refractivity contribution is -0.0454. The maximum Gasteiger partial charge on any atom is 0.510 e. The lowest BCUT2D eigenvalue weighted by Gasteiger charge is -2.11. The molecule has 0 aliphatic rings. The zero-order chi connectivity index (χ0) is 11.8. The number of carbonyl (C=O) groups is 1. The van der Waals surface area contributed by atoms with Gasteiger partial charge in [-0.2, -0.15) is 0 Å². The van der Waals surface area contributed by atoms with Crippen LogP contribution >= 0.6 is 22.7 Å². The number of hydrogen-bond donors (Lipinski definition) is 1. The van der Waals surface area contributed by atoms with E-state index in [0.717, 1.165) is 16.6 Å². The minimum atomic E-state index is -0.765. The van der Waals surface area contributed by atoms with Crippen LogP contribution in [0.1, 0.15) is 12.5 Å². The fourth-order valence-corrected chi connectivity index (χ4v) is 1.49. The predicted molar refractivity (Wildman–Crippen MR) is 64.8 cm³/mol. The maximum atomic E-state index is 11.1. The van der Waals surface area contributed by atoms with Crippen LogP contribution in [0, 0.1) is 0 Å². The van der Waals surface area contributed by atoms with Crippen LogP contribution in [0.2, 0.25) is 0 Å². The van der Waals surface area contributed by atoms with Crippen LogP contribution in [0.4, 0.5) is 4.79 Å². The first-order valence-corrected chi connectivity index (χ1v) is 6.36. The molecule has 0 N–H and O–H groups in total. The summed E-state index contributed by atoms with van der Waals surface area (Å²) in [6.45, 7) is 1.76. The second kappa shape index (κ2) is 7.43. The number of ether oxygens (including phenoxy) is 2. The first-order valence-electron chi connectivity index (χ1n) is 4.56. The van der Waals surface area contributed by atoms with E-state index in [9.17, 15) is 4.79 Å². The van der Waals surface area contributed by atoms with Gasteiger partial charge >= 0.3 is 6.16 Å². The summed E-state index contributed by atoms with van der Waals surface area (Å²) in [6, 6.07) is 9.34. The summed E-state index contributed by atoms with van der Waals surface area (Å²) in [5.41, 5.74) is 0.900. The SMILES string of the molecule is CC(OSS)OC(=O)OCc1ccccc1. The van der Waals surface area contributed by atoms with Gasteiger partial charge in [-0.25, -0.2) is 4.79 Å². The first kappa shape index (κ1) is 13.2. The molecular weight excluding hydrogens is 248 g/mol. The first-order chi connectivity index (χ1) is 7.72. The molecule has 0 aliphatic heterocycles. The standard InChI is InChI=1S/C10H12O4S2/c1-8(14-16-15)13-10(11)12-7-9-5-3-2-4-6-9/h2-6,8,15H,7H2,1H3. The Hall–Kier alpha value is -0.850. The average molecular weight is 260 g/mol. The molecule has 1 aromatic rings. The van der Waals surface area contributed by atoms with Crippen molar-refractivity contribution in [1.29, 1.82) is 0 Å². The molecular formula is C10H12O4S2. The lowest BCUT2D eigenvalue weighted by atomic mass is 10.2.